The maximum absolute atomic E-state index is 10.6. The number of hydrogen-bond acceptors (Lipinski definition) is 8. The SMILES string of the molecule is CCOC(=O)CC(=O)OC.CCOC(=O)CC(=O)OCC. The van der Waals surface area contributed by atoms with Gasteiger partial charge in [-0.2, -0.15) is 0 Å². The van der Waals surface area contributed by atoms with E-state index in [4.69, 9.17) is 0 Å². The number of ether oxygens (including phenoxy) is 4. The van der Waals surface area contributed by atoms with Gasteiger partial charge in [0.15, 0.2) is 0 Å². The van der Waals surface area contributed by atoms with Gasteiger partial charge in [0.25, 0.3) is 0 Å². The first-order chi connectivity index (χ1) is 9.90. The fourth-order valence-electron chi connectivity index (χ4n) is 0.944. The van der Waals surface area contributed by atoms with Crippen molar-refractivity contribution in [1.29, 1.82) is 0 Å². The number of carbonyl (C=O) groups is 4. The second-order valence-electron chi connectivity index (χ2n) is 3.34. The topological polar surface area (TPSA) is 105 Å². The summed E-state index contributed by atoms with van der Waals surface area (Å²) in [5.41, 5.74) is 0. The Morgan fingerprint density at radius 3 is 1.14 bits per heavy atom. The molecule has 8 nitrogen and oxygen atoms in total. The summed E-state index contributed by atoms with van der Waals surface area (Å²) in [6.07, 6.45) is -0.591. The third-order valence-electron chi connectivity index (χ3n) is 1.72. The zero-order valence-corrected chi connectivity index (χ0v) is 12.8. The van der Waals surface area contributed by atoms with E-state index in [2.05, 4.69) is 18.9 Å². The quantitative estimate of drug-likeness (QED) is 0.383. The van der Waals surface area contributed by atoms with Gasteiger partial charge in [0.1, 0.15) is 12.8 Å². The van der Waals surface area contributed by atoms with Crippen molar-refractivity contribution in [2.75, 3.05) is 26.9 Å². The summed E-state index contributed by atoms with van der Waals surface area (Å²) in [5, 5.41) is 0. The van der Waals surface area contributed by atoms with E-state index in [0.717, 1.165) is 0 Å². The van der Waals surface area contributed by atoms with Crippen LogP contribution in [0.15, 0.2) is 0 Å². The van der Waals surface area contributed by atoms with E-state index >= 15 is 0 Å². The van der Waals surface area contributed by atoms with Crippen LogP contribution in [-0.2, 0) is 38.1 Å². The van der Waals surface area contributed by atoms with E-state index in [9.17, 15) is 19.2 Å². The molecule has 0 saturated carbocycles. The molecule has 0 aliphatic carbocycles. The summed E-state index contributed by atoms with van der Waals surface area (Å²) in [6, 6.07) is 0. The molecule has 122 valence electrons. The second-order valence-corrected chi connectivity index (χ2v) is 3.34. The lowest BCUT2D eigenvalue weighted by Crippen LogP contribution is -2.13. The monoisotopic (exact) mass is 306 g/mol. The van der Waals surface area contributed by atoms with Gasteiger partial charge in [0, 0.05) is 0 Å². The molecule has 0 spiro atoms. The molecule has 0 amide bonds. The minimum Gasteiger partial charge on any atom is -0.469 e. The Kier molecular flexibility index (Phi) is 14.4. The molecule has 0 aliphatic rings. The lowest BCUT2D eigenvalue weighted by Gasteiger charge is -2.00. The highest BCUT2D eigenvalue weighted by Gasteiger charge is 2.10. The van der Waals surface area contributed by atoms with Crippen molar-refractivity contribution in [3.8, 4) is 0 Å². The van der Waals surface area contributed by atoms with Crippen LogP contribution in [0.2, 0.25) is 0 Å². The van der Waals surface area contributed by atoms with Gasteiger partial charge in [0.05, 0.1) is 26.9 Å². The second kappa shape index (κ2) is 14.3. The highest BCUT2D eigenvalue weighted by atomic mass is 16.6. The lowest BCUT2D eigenvalue weighted by molar-refractivity contribution is -0.155. The van der Waals surface area contributed by atoms with Gasteiger partial charge >= 0.3 is 23.9 Å². The fourth-order valence-corrected chi connectivity index (χ4v) is 0.944. The molecule has 0 aliphatic heterocycles. The van der Waals surface area contributed by atoms with E-state index < -0.39 is 23.9 Å². The van der Waals surface area contributed by atoms with Crippen molar-refractivity contribution in [3.05, 3.63) is 0 Å². The van der Waals surface area contributed by atoms with Gasteiger partial charge in [-0.05, 0) is 20.8 Å². The van der Waals surface area contributed by atoms with Crippen LogP contribution in [0.3, 0.4) is 0 Å². The Morgan fingerprint density at radius 1 is 0.619 bits per heavy atom. The molecule has 0 atom stereocenters. The number of methoxy groups -OCH3 is 1. The van der Waals surface area contributed by atoms with Gasteiger partial charge in [-0.1, -0.05) is 0 Å². The van der Waals surface area contributed by atoms with Gasteiger partial charge in [0.2, 0.25) is 0 Å². The molecular weight excluding hydrogens is 284 g/mol. The van der Waals surface area contributed by atoms with Crippen molar-refractivity contribution in [2.24, 2.45) is 0 Å². The first-order valence-corrected chi connectivity index (χ1v) is 6.44. The first kappa shape index (κ1) is 21.2. The van der Waals surface area contributed by atoms with E-state index in [1.54, 1.807) is 20.8 Å². The number of hydrogen-bond donors (Lipinski definition) is 0. The number of carbonyl (C=O) groups excluding carboxylic acids is 4. The van der Waals surface area contributed by atoms with Crippen LogP contribution >= 0.6 is 0 Å². The molecule has 0 heterocycles. The lowest BCUT2D eigenvalue weighted by atomic mass is 10.4. The Morgan fingerprint density at radius 2 is 0.905 bits per heavy atom. The molecule has 0 rings (SSSR count). The first-order valence-electron chi connectivity index (χ1n) is 6.44. The molecule has 21 heavy (non-hydrogen) atoms. The summed E-state index contributed by atoms with van der Waals surface area (Å²) >= 11 is 0. The third kappa shape index (κ3) is 15.8. The normalized spacial score (nSPS) is 8.76. The number of esters is 4. The molecule has 0 N–H and O–H groups in total. The Hall–Kier alpha value is -2.12. The van der Waals surface area contributed by atoms with Crippen LogP contribution in [0, 0.1) is 0 Å². The fraction of sp³-hybridized carbons (Fsp3) is 0.692. The molecule has 0 aromatic rings. The molecule has 0 aromatic heterocycles. The van der Waals surface area contributed by atoms with Gasteiger partial charge in [-0.15, -0.1) is 0 Å². The zero-order chi connectivity index (χ0) is 16.7. The average molecular weight is 306 g/mol. The molecule has 0 unspecified atom stereocenters. The maximum atomic E-state index is 10.6. The highest BCUT2D eigenvalue weighted by Crippen LogP contribution is 1.90. The van der Waals surface area contributed by atoms with Crippen molar-refractivity contribution in [3.63, 3.8) is 0 Å². The zero-order valence-electron chi connectivity index (χ0n) is 12.8. The van der Waals surface area contributed by atoms with E-state index in [1.807, 2.05) is 0 Å². The Bertz CT molecular complexity index is 321. The summed E-state index contributed by atoms with van der Waals surface area (Å²) < 4.78 is 17.7. The standard InChI is InChI=1S/C7H12O4.C6H10O4/c1-3-10-6(8)5-7(9)11-4-2;1-3-10-6(8)4-5(7)9-2/h3-5H2,1-2H3;3-4H2,1-2H3. The van der Waals surface area contributed by atoms with Crippen molar-refractivity contribution in [1.82, 2.24) is 0 Å². The van der Waals surface area contributed by atoms with E-state index in [1.165, 1.54) is 7.11 Å². The summed E-state index contributed by atoms with van der Waals surface area (Å²) in [4.78, 5) is 42.1. The van der Waals surface area contributed by atoms with Gasteiger partial charge < -0.3 is 18.9 Å². The van der Waals surface area contributed by atoms with Crippen LogP contribution in [0.25, 0.3) is 0 Å². The van der Waals surface area contributed by atoms with Crippen molar-refractivity contribution < 1.29 is 38.1 Å². The van der Waals surface area contributed by atoms with Crippen LogP contribution in [0.4, 0.5) is 0 Å². The molecule has 0 radical (unpaired) electrons. The van der Waals surface area contributed by atoms with Crippen molar-refractivity contribution in [2.45, 2.75) is 33.6 Å². The van der Waals surface area contributed by atoms with Crippen LogP contribution in [-0.4, -0.2) is 50.8 Å². The smallest absolute Gasteiger partial charge is 0.317 e. The van der Waals surface area contributed by atoms with Crippen LogP contribution in [0.5, 0.6) is 0 Å². The van der Waals surface area contributed by atoms with Crippen LogP contribution in [0.1, 0.15) is 33.6 Å². The molecule has 0 bridgehead atoms. The van der Waals surface area contributed by atoms with Gasteiger partial charge in [-0.3, -0.25) is 19.2 Å². The summed E-state index contributed by atoms with van der Waals surface area (Å²) in [7, 11) is 1.22. The average Bonchev–Trinajstić information content (AvgIpc) is 2.39. The predicted molar refractivity (Wildman–Crippen MR) is 71.1 cm³/mol. The molecule has 0 fully saturated rings. The Labute approximate surface area is 123 Å². The minimum atomic E-state index is -0.571. The number of rotatable bonds is 7. The largest absolute Gasteiger partial charge is 0.469 e. The van der Waals surface area contributed by atoms with Crippen LogP contribution < -0.4 is 0 Å². The van der Waals surface area contributed by atoms with E-state index in [-0.39, 0.29) is 32.7 Å². The van der Waals surface area contributed by atoms with Crippen molar-refractivity contribution >= 4 is 23.9 Å². The maximum Gasteiger partial charge on any atom is 0.317 e. The minimum absolute atomic E-state index is 0.288. The summed E-state index contributed by atoms with van der Waals surface area (Å²) in [6.45, 7) is 5.91. The van der Waals surface area contributed by atoms with E-state index in [0.29, 0.717) is 0 Å². The highest BCUT2D eigenvalue weighted by molar-refractivity contribution is 5.91. The predicted octanol–water partition coefficient (Wildman–Crippen LogP) is 0.615. The Balaban J connectivity index is 0. The third-order valence-corrected chi connectivity index (χ3v) is 1.72. The summed E-state index contributed by atoms with van der Waals surface area (Å²) in [5.74, 6) is -2.19. The molecule has 0 aromatic carbocycles. The molecule has 8 heteroatoms. The molecular formula is C13H22O8. The van der Waals surface area contributed by atoms with Gasteiger partial charge in [-0.25, -0.2) is 0 Å². The molecule has 0 saturated heterocycles.